The van der Waals surface area contributed by atoms with Crippen LogP contribution in [0.4, 0.5) is 11.4 Å². The molecule has 1 aromatic carbocycles. The van der Waals surface area contributed by atoms with Gasteiger partial charge in [-0.25, -0.2) is 0 Å². The van der Waals surface area contributed by atoms with Crippen LogP contribution in [0.2, 0.25) is 0 Å². The number of unbranched alkanes of at least 4 members (excludes halogenated alkanes) is 6. The topological polar surface area (TPSA) is 64.7 Å². The van der Waals surface area contributed by atoms with E-state index in [9.17, 15) is 9.59 Å². The number of rotatable bonds is 16. The Bertz CT molecular complexity index is 755. The lowest BCUT2D eigenvalue weighted by Crippen LogP contribution is -2.37. The quantitative estimate of drug-likeness (QED) is 0.278. The Hall–Kier alpha value is -2.08. The van der Waals surface area contributed by atoms with Gasteiger partial charge in [0.15, 0.2) is 0 Å². The Morgan fingerprint density at radius 3 is 2.29 bits per heavy atom. The van der Waals surface area contributed by atoms with Crippen molar-refractivity contribution in [1.29, 1.82) is 0 Å². The van der Waals surface area contributed by atoms with Crippen LogP contribution in [-0.4, -0.2) is 56.0 Å². The molecule has 0 aromatic heterocycles. The second-order valence-electron chi connectivity index (χ2n) is 10.1. The van der Waals surface area contributed by atoms with E-state index in [0.29, 0.717) is 24.2 Å². The van der Waals surface area contributed by atoms with E-state index in [0.717, 1.165) is 70.0 Å². The summed E-state index contributed by atoms with van der Waals surface area (Å²) in [6.45, 7) is 14.1. The molecule has 1 aromatic rings. The predicted molar refractivity (Wildman–Crippen MR) is 148 cm³/mol. The number of benzene rings is 1. The van der Waals surface area contributed by atoms with Gasteiger partial charge in [0.25, 0.3) is 5.91 Å². The standard InChI is InChI=1S/C29H50N4O2/c1-5-8-9-10-11-12-13-14-28(34)31-25-15-16-27(33-20-17-24(4)18-21-33)26(23-25)29(35)30-19-22-32(6-2)7-3/h15-16,23-24H,5-14,17-22H2,1-4H3,(H,30,35)(H,31,34). The van der Waals surface area contributed by atoms with Crippen LogP contribution in [0, 0.1) is 5.92 Å². The van der Waals surface area contributed by atoms with Gasteiger partial charge in [-0.2, -0.15) is 0 Å². The fourth-order valence-corrected chi connectivity index (χ4v) is 4.75. The van der Waals surface area contributed by atoms with Gasteiger partial charge in [0, 0.05) is 44.0 Å². The maximum atomic E-state index is 13.2. The average Bonchev–Trinajstić information content (AvgIpc) is 2.86. The van der Waals surface area contributed by atoms with Crippen LogP contribution < -0.4 is 15.5 Å². The Labute approximate surface area is 214 Å². The van der Waals surface area contributed by atoms with Crippen LogP contribution in [0.3, 0.4) is 0 Å². The molecule has 0 atom stereocenters. The summed E-state index contributed by atoms with van der Waals surface area (Å²) in [5.41, 5.74) is 2.34. The average molecular weight is 487 g/mol. The summed E-state index contributed by atoms with van der Waals surface area (Å²) >= 11 is 0. The third-order valence-electron chi connectivity index (χ3n) is 7.26. The first kappa shape index (κ1) is 29.2. The smallest absolute Gasteiger partial charge is 0.253 e. The molecule has 0 unspecified atom stereocenters. The van der Waals surface area contributed by atoms with Gasteiger partial charge in [-0.05, 0) is 56.5 Å². The monoisotopic (exact) mass is 486 g/mol. The molecule has 35 heavy (non-hydrogen) atoms. The maximum Gasteiger partial charge on any atom is 0.253 e. The second-order valence-corrected chi connectivity index (χ2v) is 10.1. The van der Waals surface area contributed by atoms with Gasteiger partial charge in [0.1, 0.15) is 0 Å². The van der Waals surface area contributed by atoms with Crippen LogP contribution in [0.15, 0.2) is 18.2 Å². The Kier molecular flexibility index (Phi) is 13.8. The minimum absolute atomic E-state index is 0.0333. The lowest BCUT2D eigenvalue weighted by atomic mass is 9.97. The molecule has 6 nitrogen and oxygen atoms in total. The van der Waals surface area contributed by atoms with Crippen molar-refractivity contribution < 1.29 is 9.59 Å². The van der Waals surface area contributed by atoms with E-state index in [4.69, 9.17) is 0 Å². The molecule has 0 aliphatic carbocycles. The third-order valence-corrected chi connectivity index (χ3v) is 7.26. The molecule has 1 aliphatic rings. The van der Waals surface area contributed by atoms with Crippen LogP contribution in [0.5, 0.6) is 0 Å². The minimum Gasteiger partial charge on any atom is -0.371 e. The minimum atomic E-state index is -0.0612. The lowest BCUT2D eigenvalue weighted by Gasteiger charge is -2.33. The molecule has 0 radical (unpaired) electrons. The Morgan fingerprint density at radius 2 is 1.63 bits per heavy atom. The first-order valence-corrected chi connectivity index (χ1v) is 14.2. The summed E-state index contributed by atoms with van der Waals surface area (Å²) in [4.78, 5) is 30.4. The highest BCUT2D eigenvalue weighted by Gasteiger charge is 2.22. The molecule has 0 bridgehead atoms. The molecule has 0 spiro atoms. The van der Waals surface area contributed by atoms with Crippen LogP contribution in [0.25, 0.3) is 0 Å². The van der Waals surface area contributed by atoms with E-state index in [1.807, 2.05) is 18.2 Å². The van der Waals surface area contributed by atoms with Crippen molar-refractivity contribution in [3.8, 4) is 0 Å². The summed E-state index contributed by atoms with van der Waals surface area (Å²) in [6, 6.07) is 5.82. The van der Waals surface area contributed by atoms with Crippen molar-refractivity contribution in [2.45, 2.75) is 91.9 Å². The molecule has 2 rings (SSSR count). The van der Waals surface area contributed by atoms with Crippen molar-refractivity contribution in [3.63, 3.8) is 0 Å². The number of carbonyl (C=O) groups excluding carboxylic acids is 2. The number of nitrogens with zero attached hydrogens (tertiary/aromatic N) is 2. The first-order valence-electron chi connectivity index (χ1n) is 14.2. The molecule has 1 fully saturated rings. The second kappa shape index (κ2) is 16.6. The molecule has 198 valence electrons. The normalized spacial score (nSPS) is 14.4. The Morgan fingerprint density at radius 1 is 0.971 bits per heavy atom. The summed E-state index contributed by atoms with van der Waals surface area (Å²) in [6.07, 6.45) is 11.2. The SMILES string of the molecule is CCCCCCCCCC(=O)Nc1ccc(N2CCC(C)CC2)c(C(=O)NCCN(CC)CC)c1. The molecule has 1 heterocycles. The number of carbonyl (C=O) groups is 2. The number of nitrogens with one attached hydrogen (secondary N) is 2. The van der Waals surface area contributed by atoms with Crippen LogP contribution >= 0.6 is 0 Å². The van der Waals surface area contributed by atoms with Crippen LogP contribution in [0.1, 0.15) is 102 Å². The zero-order chi connectivity index (χ0) is 25.5. The number of likely N-dealkylation sites (N-methyl/N-ethyl adjacent to an activating group) is 1. The molecule has 2 N–H and O–H groups in total. The van der Waals surface area contributed by atoms with E-state index in [-0.39, 0.29) is 11.8 Å². The summed E-state index contributed by atoms with van der Waals surface area (Å²) < 4.78 is 0. The van der Waals surface area contributed by atoms with Gasteiger partial charge in [-0.15, -0.1) is 0 Å². The Balaban J connectivity index is 1.99. The van der Waals surface area contributed by atoms with Crippen LogP contribution in [-0.2, 0) is 4.79 Å². The number of hydrogen-bond acceptors (Lipinski definition) is 4. The zero-order valence-electron chi connectivity index (χ0n) is 22.8. The van der Waals surface area contributed by atoms with Crippen molar-refractivity contribution in [2.24, 2.45) is 5.92 Å². The molecule has 1 saturated heterocycles. The summed E-state index contributed by atoms with van der Waals surface area (Å²) in [5.74, 6) is 0.697. The molecule has 2 amide bonds. The highest BCUT2D eigenvalue weighted by molar-refractivity contribution is 6.02. The van der Waals surface area contributed by atoms with Gasteiger partial charge in [-0.3, -0.25) is 9.59 Å². The van der Waals surface area contributed by atoms with Gasteiger partial charge in [-0.1, -0.05) is 66.2 Å². The largest absolute Gasteiger partial charge is 0.371 e. The zero-order valence-corrected chi connectivity index (χ0v) is 22.8. The van der Waals surface area contributed by atoms with E-state index in [2.05, 4.69) is 48.1 Å². The number of hydrogen-bond donors (Lipinski definition) is 2. The predicted octanol–water partition coefficient (Wildman–Crippen LogP) is 6.07. The fraction of sp³-hybridized carbons (Fsp3) is 0.724. The fourth-order valence-electron chi connectivity index (χ4n) is 4.75. The van der Waals surface area contributed by atoms with Gasteiger partial charge in [0.2, 0.25) is 5.91 Å². The highest BCUT2D eigenvalue weighted by Crippen LogP contribution is 2.29. The summed E-state index contributed by atoms with van der Waals surface area (Å²) in [5, 5.41) is 6.14. The summed E-state index contributed by atoms with van der Waals surface area (Å²) in [7, 11) is 0. The maximum absolute atomic E-state index is 13.2. The van der Waals surface area contributed by atoms with Crippen molar-refractivity contribution >= 4 is 23.2 Å². The molecule has 6 heteroatoms. The number of piperidine rings is 1. The number of anilines is 2. The van der Waals surface area contributed by atoms with E-state index in [1.54, 1.807) is 0 Å². The lowest BCUT2D eigenvalue weighted by molar-refractivity contribution is -0.116. The van der Waals surface area contributed by atoms with E-state index in [1.165, 1.54) is 32.1 Å². The number of amides is 2. The van der Waals surface area contributed by atoms with E-state index >= 15 is 0 Å². The van der Waals surface area contributed by atoms with Crippen molar-refractivity contribution in [3.05, 3.63) is 23.8 Å². The molecule has 0 saturated carbocycles. The van der Waals surface area contributed by atoms with Gasteiger partial charge < -0.3 is 20.4 Å². The first-order chi connectivity index (χ1) is 17.0. The molecule has 1 aliphatic heterocycles. The van der Waals surface area contributed by atoms with Gasteiger partial charge >= 0.3 is 0 Å². The van der Waals surface area contributed by atoms with Gasteiger partial charge in [0.05, 0.1) is 5.56 Å². The van der Waals surface area contributed by atoms with Crippen molar-refractivity contribution in [2.75, 3.05) is 49.5 Å². The highest BCUT2D eigenvalue weighted by atomic mass is 16.2. The van der Waals surface area contributed by atoms with E-state index < -0.39 is 0 Å². The molecular weight excluding hydrogens is 436 g/mol. The molecular formula is C29H50N4O2. The van der Waals surface area contributed by atoms with Crippen molar-refractivity contribution in [1.82, 2.24) is 10.2 Å². The third kappa shape index (κ3) is 10.6.